The van der Waals surface area contributed by atoms with E-state index in [2.05, 4.69) is 43.0 Å². The van der Waals surface area contributed by atoms with Crippen LogP contribution in [0.5, 0.6) is 17.2 Å². The number of rotatable bonds is 11. The highest BCUT2D eigenvalue weighted by atomic mass is 19.1. The molecule has 6 rings (SSSR count). The van der Waals surface area contributed by atoms with Crippen LogP contribution in [0, 0.1) is 11.6 Å². The molecule has 0 radical (unpaired) electrons. The highest BCUT2D eigenvalue weighted by molar-refractivity contribution is 5.67. The second-order valence-electron chi connectivity index (χ2n) is 11.8. The zero-order valence-corrected chi connectivity index (χ0v) is 25.8. The van der Waals surface area contributed by atoms with Crippen molar-refractivity contribution in [1.29, 1.82) is 0 Å². The number of piperazine rings is 1. The van der Waals surface area contributed by atoms with E-state index in [1.807, 2.05) is 12.1 Å². The summed E-state index contributed by atoms with van der Waals surface area (Å²) in [5, 5.41) is 3.20. The molecule has 0 unspecified atom stereocenters. The van der Waals surface area contributed by atoms with Gasteiger partial charge in [-0.3, -0.25) is 4.90 Å². The number of ether oxygens (including phenoxy) is 3. The van der Waals surface area contributed by atoms with Gasteiger partial charge in [0.05, 0.1) is 37.9 Å². The third-order valence-electron chi connectivity index (χ3n) is 9.15. The molecule has 0 amide bonds. The van der Waals surface area contributed by atoms with Crippen molar-refractivity contribution in [3.63, 3.8) is 0 Å². The predicted molar refractivity (Wildman–Crippen MR) is 166 cm³/mol. The summed E-state index contributed by atoms with van der Waals surface area (Å²) in [5.74, 6) is 0.263. The van der Waals surface area contributed by atoms with E-state index in [0.717, 1.165) is 75.5 Å². The van der Waals surface area contributed by atoms with Crippen LogP contribution in [0.3, 0.4) is 0 Å². The van der Waals surface area contributed by atoms with E-state index in [1.165, 1.54) is 38.7 Å². The van der Waals surface area contributed by atoms with Gasteiger partial charge in [-0.25, -0.2) is 18.7 Å². The van der Waals surface area contributed by atoms with Gasteiger partial charge in [0.1, 0.15) is 18.2 Å². The first kappa shape index (κ1) is 30.3. The lowest BCUT2D eigenvalue weighted by atomic mass is 10.0. The van der Waals surface area contributed by atoms with Crippen LogP contribution < -0.4 is 24.4 Å². The van der Waals surface area contributed by atoms with E-state index in [1.54, 1.807) is 7.11 Å². The summed E-state index contributed by atoms with van der Waals surface area (Å²) in [6.07, 6.45) is 7.03. The lowest BCUT2D eigenvalue weighted by Crippen LogP contribution is -2.53. The standard InChI is InChI=1S/C33H42F2N6O3/c1-4-39-13-15-40(16-14-39)24-9-11-41(12-10-24)28-8-7-23(17-29(28)42-2)38-33-36-19-25(20-37-33)44-21-27-31(34)26(22-5-6-22)18-30(43-3)32(27)35/h7-8,17-20,22,24H,4-6,9-16,21H2,1-3H3,(H,36,37,38). The zero-order valence-electron chi connectivity index (χ0n) is 25.8. The molecular formula is C33H42F2N6O3. The van der Waals surface area contributed by atoms with Crippen LogP contribution in [-0.2, 0) is 6.61 Å². The van der Waals surface area contributed by atoms with Gasteiger partial charge in [0.15, 0.2) is 17.3 Å². The van der Waals surface area contributed by atoms with Crippen LogP contribution in [-0.4, -0.2) is 85.8 Å². The van der Waals surface area contributed by atoms with Gasteiger partial charge in [0.25, 0.3) is 0 Å². The second-order valence-corrected chi connectivity index (χ2v) is 11.8. The van der Waals surface area contributed by atoms with Gasteiger partial charge in [-0.2, -0.15) is 0 Å². The van der Waals surface area contributed by atoms with Crippen LogP contribution in [0.2, 0.25) is 0 Å². The normalized spacial score (nSPS) is 18.3. The van der Waals surface area contributed by atoms with Gasteiger partial charge >= 0.3 is 0 Å². The Kier molecular flexibility index (Phi) is 9.32. The molecule has 44 heavy (non-hydrogen) atoms. The minimum Gasteiger partial charge on any atom is -0.495 e. The summed E-state index contributed by atoms with van der Waals surface area (Å²) in [6.45, 7) is 9.75. The van der Waals surface area contributed by atoms with Crippen LogP contribution in [0.4, 0.5) is 26.1 Å². The van der Waals surface area contributed by atoms with Gasteiger partial charge in [-0.05, 0) is 61.9 Å². The van der Waals surface area contributed by atoms with Crippen LogP contribution in [0.1, 0.15) is 49.7 Å². The van der Waals surface area contributed by atoms with Crippen molar-refractivity contribution in [2.45, 2.75) is 51.2 Å². The minimum absolute atomic E-state index is 0.0228. The monoisotopic (exact) mass is 608 g/mol. The Morgan fingerprint density at radius 1 is 0.864 bits per heavy atom. The predicted octanol–water partition coefficient (Wildman–Crippen LogP) is 5.58. The molecule has 1 aliphatic carbocycles. The average Bonchev–Trinajstić information content (AvgIpc) is 3.91. The summed E-state index contributed by atoms with van der Waals surface area (Å²) in [4.78, 5) is 16.3. The maximum atomic E-state index is 15.0. The highest BCUT2D eigenvalue weighted by Gasteiger charge is 2.31. The van der Waals surface area contributed by atoms with Gasteiger partial charge in [0, 0.05) is 57.1 Å². The van der Waals surface area contributed by atoms with Gasteiger partial charge in [-0.15, -0.1) is 0 Å². The summed E-state index contributed by atoms with van der Waals surface area (Å²) in [7, 11) is 3.06. The van der Waals surface area contributed by atoms with Gasteiger partial charge in [0.2, 0.25) is 5.95 Å². The molecule has 1 saturated carbocycles. The number of anilines is 3. The zero-order chi connectivity index (χ0) is 30.6. The van der Waals surface area contributed by atoms with E-state index in [-0.39, 0.29) is 23.8 Å². The molecule has 1 aromatic heterocycles. The first-order chi connectivity index (χ1) is 21.5. The Morgan fingerprint density at radius 2 is 1.57 bits per heavy atom. The van der Waals surface area contributed by atoms with Crippen molar-refractivity contribution in [2.75, 3.05) is 70.2 Å². The van der Waals surface area contributed by atoms with E-state index < -0.39 is 11.6 Å². The number of nitrogens with zero attached hydrogens (tertiary/aromatic N) is 5. The average molecular weight is 609 g/mol. The quantitative estimate of drug-likeness (QED) is 0.300. The third-order valence-corrected chi connectivity index (χ3v) is 9.15. The van der Waals surface area contributed by atoms with E-state index in [0.29, 0.717) is 23.3 Å². The number of aromatic nitrogens is 2. The number of likely N-dealkylation sites (N-methyl/N-ethyl adjacent to an activating group) is 1. The van der Waals surface area contributed by atoms with E-state index >= 15 is 4.39 Å². The van der Waals surface area contributed by atoms with Crippen molar-refractivity contribution in [3.8, 4) is 17.2 Å². The smallest absolute Gasteiger partial charge is 0.227 e. The molecular weight excluding hydrogens is 566 g/mol. The van der Waals surface area contributed by atoms with Crippen molar-refractivity contribution in [1.82, 2.24) is 19.8 Å². The number of hydrogen-bond donors (Lipinski definition) is 1. The molecule has 3 fully saturated rings. The Balaban J connectivity index is 1.05. The molecule has 1 N–H and O–H groups in total. The maximum Gasteiger partial charge on any atom is 0.227 e. The van der Waals surface area contributed by atoms with Crippen LogP contribution in [0.25, 0.3) is 0 Å². The highest BCUT2D eigenvalue weighted by Crippen LogP contribution is 2.44. The molecule has 0 atom stereocenters. The lowest BCUT2D eigenvalue weighted by Gasteiger charge is -2.43. The third kappa shape index (κ3) is 6.68. The molecule has 3 heterocycles. The summed E-state index contributed by atoms with van der Waals surface area (Å²) in [6, 6.07) is 8.12. The molecule has 2 aromatic carbocycles. The SMILES string of the molecule is CCN1CCN(C2CCN(c3ccc(Nc4ncc(OCc5c(F)c(OC)cc(C6CC6)c5F)cn4)cc3OC)CC2)CC1. The second kappa shape index (κ2) is 13.5. The first-order valence-corrected chi connectivity index (χ1v) is 15.6. The number of halogens is 2. The van der Waals surface area contributed by atoms with Crippen molar-refractivity contribution >= 4 is 17.3 Å². The molecule has 3 aromatic rings. The van der Waals surface area contributed by atoms with Gasteiger partial charge < -0.3 is 29.3 Å². The van der Waals surface area contributed by atoms with Crippen molar-refractivity contribution in [2.24, 2.45) is 0 Å². The minimum atomic E-state index is -0.749. The fraction of sp³-hybridized carbons (Fsp3) is 0.515. The summed E-state index contributed by atoms with van der Waals surface area (Å²) in [5.41, 5.74) is 2.19. The Labute approximate surface area is 258 Å². The molecule has 3 aliphatic rings. The molecule has 11 heteroatoms. The molecule has 9 nitrogen and oxygen atoms in total. The largest absolute Gasteiger partial charge is 0.495 e. The van der Waals surface area contributed by atoms with Crippen LogP contribution >= 0.6 is 0 Å². The lowest BCUT2D eigenvalue weighted by molar-refractivity contribution is 0.0878. The van der Waals surface area contributed by atoms with E-state index in [4.69, 9.17) is 14.2 Å². The Morgan fingerprint density at radius 3 is 2.20 bits per heavy atom. The van der Waals surface area contributed by atoms with Gasteiger partial charge in [-0.1, -0.05) is 6.92 Å². The number of piperidine rings is 1. The first-order valence-electron chi connectivity index (χ1n) is 15.6. The summed E-state index contributed by atoms with van der Waals surface area (Å²) < 4.78 is 46.4. The number of methoxy groups -OCH3 is 2. The van der Waals surface area contributed by atoms with E-state index in [9.17, 15) is 4.39 Å². The number of hydrogen-bond acceptors (Lipinski definition) is 9. The van der Waals surface area contributed by atoms with Crippen LogP contribution in [0.15, 0.2) is 36.7 Å². The Bertz CT molecular complexity index is 1420. The van der Waals surface area contributed by atoms with Crippen molar-refractivity contribution < 1.29 is 23.0 Å². The number of benzene rings is 2. The topological polar surface area (TPSA) is 75.2 Å². The fourth-order valence-corrected chi connectivity index (χ4v) is 6.33. The number of nitrogens with one attached hydrogen (secondary N) is 1. The molecule has 2 saturated heterocycles. The maximum absolute atomic E-state index is 15.0. The summed E-state index contributed by atoms with van der Waals surface area (Å²) >= 11 is 0. The molecule has 0 spiro atoms. The molecule has 236 valence electrons. The molecule has 2 aliphatic heterocycles. The van der Waals surface area contributed by atoms with Crippen molar-refractivity contribution in [3.05, 3.63) is 59.4 Å². The Hall–Kier alpha value is -3.70. The fourth-order valence-electron chi connectivity index (χ4n) is 6.33. The molecule has 0 bridgehead atoms.